The molecule has 0 N–H and O–H groups in total. The number of rotatable bonds is 4. The molecule has 0 bridgehead atoms. The monoisotopic (exact) mass is 216 g/mol. The number of hydrogen-bond donors (Lipinski definition) is 0. The predicted octanol–water partition coefficient (Wildman–Crippen LogP) is 3.55. The van der Waals surface area contributed by atoms with Crippen molar-refractivity contribution in [2.24, 2.45) is 0 Å². The van der Waals surface area contributed by atoms with Crippen molar-refractivity contribution in [2.75, 3.05) is 11.9 Å². The van der Waals surface area contributed by atoms with Crippen LogP contribution in [0.2, 0.25) is 0 Å². The maximum atomic E-state index is 8.86. The molecule has 0 saturated carbocycles. The van der Waals surface area contributed by atoms with Crippen molar-refractivity contribution in [1.29, 1.82) is 5.26 Å². The van der Waals surface area contributed by atoms with Crippen molar-refractivity contribution >= 4 is 5.69 Å². The number of nitrogens with zero attached hydrogens (tertiary/aromatic N) is 2. The van der Waals surface area contributed by atoms with E-state index in [1.54, 1.807) is 0 Å². The third-order valence-corrected chi connectivity index (χ3v) is 3.25. The van der Waals surface area contributed by atoms with E-state index >= 15 is 0 Å². The Morgan fingerprint density at radius 1 is 1.25 bits per heavy atom. The Balaban J connectivity index is 2.83. The summed E-state index contributed by atoms with van der Waals surface area (Å²) in [6.45, 7) is 6.33. The Morgan fingerprint density at radius 3 is 2.25 bits per heavy atom. The van der Waals surface area contributed by atoms with Gasteiger partial charge in [-0.3, -0.25) is 0 Å². The topological polar surface area (TPSA) is 27.0 Å². The molecule has 0 aromatic heterocycles. The smallest absolute Gasteiger partial charge is 0.113 e. The normalized spacial score (nSPS) is 13.9. The maximum Gasteiger partial charge on any atom is 0.113 e. The fourth-order valence-electron chi connectivity index (χ4n) is 1.58. The van der Waals surface area contributed by atoms with Crippen LogP contribution in [0, 0.1) is 11.3 Å². The Morgan fingerprint density at radius 2 is 1.81 bits per heavy atom. The fraction of sp³-hybridized carbons (Fsp3) is 0.500. The molecular weight excluding hydrogens is 196 g/mol. The van der Waals surface area contributed by atoms with E-state index in [1.807, 2.05) is 18.9 Å². The second kappa shape index (κ2) is 5.55. The Hall–Kier alpha value is -1.49. The fourth-order valence-corrected chi connectivity index (χ4v) is 1.58. The first-order valence-corrected chi connectivity index (χ1v) is 5.82. The molecule has 1 aromatic carbocycles. The summed E-state index contributed by atoms with van der Waals surface area (Å²) in [7, 11) is 1.95. The molecule has 0 spiro atoms. The molecule has 0 saturated heterocycles. The first kappa shape index (κ1) is 12.6. The SMILES string of the molecule is CCC(C)c1ccc(N(C)C(C)C#N)cc1. The highest BCUT2D eigenvalue weighted by Crippen LogP contribution is 2.22. The molecule has 0 aliphatic heterocycles. The van der Waals surface area contributed by atoms with E-state index in [0.717, 1.165) is 12.1 Å². The van der Waals surface area contributed by atoms with Gasteiger partial charge in [0, 0.05) is 12.7 Å². The van der Waals surface area contributed by atoms with Crippen LogP contribution in [0.15, 0.2) is 24.3 Å². The third-order valence-electron chi connectivity index (χ3n) is 3.25. The van der Waals surface area contributed by atoms with Crippen LogP contribution in [-0.2, 0) is 0 Å². The van der Waals surface area contributed by atoms with Gasteiger partial charge in [-0.1, -0.05) is 26.0 Å². The lowest BCUT2D eigenvalue weighted by Gasteiger charge is -2.22. The molecule has 1 rings (SSSR count). The lowest BCUT2D eigenvalue weighted by Crippen LogP contribution is -2.26. The van der Waals surface area contributed by atoms with Crippen molar-refractivity contribution in [3.63, 3.8) is 0 Å². The second-order valence-electron chi connectivity index (χ2n) is 4.32. The standard InChI is InChI=1S/C14H20N2/c1-5-11(2)13-6-8-14(9-7-13)16(4)12(3)10-15/h6-9,11-12H,5H2,1-4H3. The summed E-state index contributed by atoms with van der Waals surface area (Å²) in [5.74, 6) is 0.604. The molecule has 0 fully saturated rings. The van der Waals surface area contributed by atoms with Gasteiger partial charge in [0.25, 0.3) is 0 Å². The number of benzene rings is 1. The van der Waals surface area contributed by atoms with Crippen molar-refractivity contribution in [1.82, 2.24) is 0 Å². The Bertz CT molecular complexity index is 361. The minimum atomic E-state index is -0.0885. The minimum absolute atomic E-state index is 0.0885. The quantitative estimate of drug-likeness (QED) is 0.769. The number of hydrogen-bond acceptors (Lipinski definition) is 2. The van der Waals surface area contributed by atoms with Crippen molar-refractivity contribution < 1.29 is 0 Å². The predicted molar refractivity (Wildman–Crippen MR) is 68.6 cm³/mol. The molecule has 1 aromatic rings. The van der Waals surface area contributed by atoms with Crippen LogP contribution in [0.4, 0.5) is 5.69 Å². The summed E-state index contributed by atoms with van der Waals surface area (Å²) < 4.78 is 0. The molecule has 2 heteroatoms. The Labute approximate surface area is 98.5 Å². The van der Waals surface area contributed by atoms with Crippen LogP contribution in [0.3, 0.4) is 0 Å². The van der Waals surface area contributed by atoms with Gasteiger partial charge in [0.05, 0.1) is 6.07 Å². The van der Waals surface area contributed by atoms with Gasteiger partial charge >= 0.3 is 0 Å². The summed E-state index contributed by atoms with van der Waals surface area (Å²) in [5.41, 5.74) is 2.46. The van der Waals surface area contributed by atoms with Gasteiger partial charge in [0.1, 0.15) is 6.04 Å². The van der Waals surface area contributed by atoms with E-state index in [4.69, 9.17) is 5.26 Å². The molecule has 0 aliphatic rings. The van der Waals surface area contributed by atoms with Crippen LogP contribution in [0.25, 0.3) is 0 Å². The van der Waals surface area contributed by atoms with Gasteiger partial charge in [-0.05, 0) is 37.0 Å². The summed E-state index contributed by atoms with van der Waals surface area (Å²) in [5, 5.41) is 8.86. The first-order chi connectivity index (χ1) is 7.60. The van der Waals surface area contributed by atoms with Crippen LogP contribution in [-0.4, -0.2) is 13.1 Å². The van der Waals surface area contributed by atoms with Gasteiger partial charge in [-0.2, -0.15) is 5.26 Å². The molecular formula is C14H20N2. The molecule has 2 atom stereocenters. The second-order valence-corrected chi connectivity index (χ2v) is 4.32. The van der Waals surface area contributed by atoms with E-state index in [1.165, 1.54) is 5.56 Å². The van der Waals surface area contributed by atoms with E-state index in [2.05, 4.69) is 44.2 Å². The zero-order chi connectivity index (χ0) is 12.1. The van der Waals surface area contributed by atoms with Gasteiger partial charge in [0.15, 0.2) is 0 Å². The van der Waals surface area contributed by atoms with E-state index in [9.17, 15) is 0 Å². The van der Waals surface area contributed by atoms with Gasteiger partial charge in [0.2, 0.25) is 0 Å². The van der Waals surface area contributed by atoms with E-state index in [0.29, 0.717) is 5.92 Å². The third kappa shape index (κ3) is 2.76. The maximum absolute atomic E-state index is 8.86. The average Bonchev–Trinajstić information content (AvgIpc) is 2.36. The summed E-state index contributed by atoms with van der Waals surface area (Å²) in [6.07, 6.45) is 1.16. The molecule has 0 amide bonds. The molecule has 86 valence electrons. The Kier molecular flexibility index (Phi) is 4.37. The molecule has 0 radical (unpaired) electrons. The highest BCUT2D eigenvalue weighted by Gasteiger charge is 2.09. The van der Waals surface area contributed by atoms with Gasteiger partial charge < -0.3 is 4.90 Å². The van der Waals surface area contributed by atoms with Gasteiger partial charge in [-0.15, -0.1) is 0 Å². The van der Waals surface area contributed by atoms with Crippen LogP contribution >= 0.6 is 0 Å². The summed E-state index contributed by atoms with van der Waals surface area (Å²) >= 11 is 0. The van der Waals surface area contributed by atoms with Crippen molar-refractivity contribution in [3.8, 4) is 6.07 Å². The van der Waals surface area contributed by atoms with E-state index < -0.39 is 0 Å². The zero-order valence-corrected chi connectivity index (χ0v) is 10.6. The average molecular weight is 216 g/mol. The lowest BCUT2D eigenvalue weighted by molar-refractivity contribution is 0.733. The highest BCUT2D eigenvalue weighted by atomic mass is 15.1. The van der Waals surface area contributed by atoms with Crippen molar-refractivity contribution in [2.45, 2.75) is 39.2 Å². The molecule has 2 unspecified atom stereocenters. The molecule has 0 heterocycles. The summed E-state index contributed by atoms with van der Waals surface area (Å²) in [4.78, 5) is 1.99. The van der Waals surface area contributed by atoms with Crippen LogP contribution < -0.4 is 4.90 Å². The molecule has 0 aliphatic carbocycles. The number of nitriles is 1. The molecule has 2 nitrogen and oxygen atoms in total. The van der Waals surface area contributed by atoms with Gasteiger partial charge in [-0.25, -0.2) is 0 Å². The largest absolute Gasteiger partial charge is 0.359 e. The van der Waals surface area contributed by atoms with Crippen LogP contribution in [0.1, 0.15) is 38.7 Å². The highest BCUT2D eigenvalue weighted by molar-refractivity contribution is 5.49. The van der Waals surface area contributed by atoms with E-state index in [-0.39, 0.29) is 6.04 Å². The number of anilines is 1. The first-order valence-electron chi connectivity index (χ1n) is 5.82. The van der Waals surface area contributed by atoms with Crippen LogP contribution in [0.5, 0.6) is 0 Å². The molecule has 16 heavy (non-hydrogen) atoms. The minimum Gasteiger partial charge on any atom is -0.359 e. The zero-order valence-electron chi connectivity index (χ0n) is 10.6. The lowest BCUT2D eigenvalue weighted by atomic mass is 9.98. The van der Waals surface area contributed by atoms with Crippen molar-refractivity contribution in [3.05, 3.63) is 29.8 Å². The summed E-state index contributed by atoms with van der Waals surface area (Å²) in [6, 6.07) is 10.6.